The molecule has 0 fully saturated rings. The van der Waals surface area contributed by atoms with E-state index in [1.807, 2.05) is 26.0 Å². The van der Waals surface area contributed by atoms with Crippen molar-refractivity contribution in [1.82, 2.24) is 0 Å². The zero-order chi connectivity index (χ0) is 21.2. The highest BCUT2D eigenvalue weighted by Crippen LogP contribution is 2.36. The number of carbonyl (C=O) groups is 1. The van der Waals surface area contributed by atoms with Gasteiger partial charge in [-0.15, -0.1) is 0 Å². The Labute approximate surface area is 181 Å². The molecule has 3 nitrogen and oxygen atoms in total. The van der Waals surface area contributed by atoms with Gasteiger partial charge in [0, 0.05) is 12.0 Å². The molecule has 3 rings (SSSR count). The van der Waals surface area contributed by atoms with Crippen molar-refractivity contribution in [1.29, 1.82) is 0 Å². The van der Waals surface area contributed by atoms with Crippen LogP contribution in [0.4, 0.5) is 0 Å². The Morgan fingerprint density at radius 3 is 1.93 bits per heavy atom. The molecule has 150 valence electrons. The van der Waals surface area contributed by atoms with E-state index in [0.29, 0.717) is 16.1 Å². The van der Waals surface area contributed by atoms with Gasteiger partial charge in [0.1, 0.15) is 0 Å². The van der Waals surface area contributed by atoms with E-state index < -0.39 is 15.1 Å². The van der Waals surface area contributed by atoms with Crippen LogP contribution in [-0.2, 0) is 9.84 Å². The molecule has 0 saturated heterocycles. The Balaban J connectivity index is 2.05. The summed E-state index contributed by atoms with van der Waals surface area (Å²) in [6.07, 6.45) is -0.197. The zero-order valence-electron chi connectivity index (χ0n) is 16.0. The van der Waals surface area contributed by atoms with E-state index in [0.717, 1.165) is 11.1 Å². The van der Waals surface area contributed by atoms with Crippen LogP contribution in [0, 0.1) is 13.8 Å². The average molecular weight is 447 g/mol. The number of ketones is 1. The van der Waals surface area contributed by atoms with Crippen molar-refractivity contribution in [2.75, 3.05) is 0 Å². The molecule has 3 aromatic carbocycles. The van der Waals surface area contributed by atoms with Gasteiger partial charge in [-0.3, -0.25) is 4.79 Å². The lowest BCUT2D eigenvalue weighted by Crippen LogP contribution is -2.18. The molecule has 0 aliphatic carbocycles. The van der Waals surface area contributed by atoms with E-state index in [1.165, 1.54) is 6.07 Å². The van der Waals surface area contributed by atoms with Gasteiger partial charge in [0.2, 0.25) is 0 Å². The lowest BCUT2D eigenvalue weighted by atomic mass is 10.0. The van der Waals surface area contributed by atoms with E-state index in [2.05, 4.69) is 0 Å². The van der Waals surface area contributed by atoms with Crippen LogP contribution in [0.1, 0.15) is 38.7 Å². The second-order valence-electron chi connectivity index (χ2n) is 7.01. The highest BCUT2D eigenvalue weighted by Gasteiger charge is 2.32. The van der Waals surface area contributed by atoms with Gasteiger partial charge in [-0.05, 0) is 43.7 Å². The number of hydrogen-bond acceptors (Lipinski definition) is 3. The maximum atomic E-state index is 13.4. The monoisotopic (exact) mass is 446 g/mol. The first-order valence-electron chi connectivity index (χ1n) is 9.04. The summed E-state index contributed by atoms with van der Waals surface area (Å²) < 4.78 is 26.9. The number of sulfone groups is 1. The first-order chi connectivity index (χ1) is 13.7. The number of hydrogen-bond donors (Lipinski definition) is 0. The number of carbonyl (C=O) groups excluding carboxylic acids is 1. The maximum absolute atomic E-state index is 13.4. The smallest absolute Gasteiger partial charge is 0.185 e. The average Bonchev–Trinajstić information content (AvgIpc) is 2.69. The van der Waals surface area contributed by atoms with Gasteiger partial charge < -0.3 is 0 Å². The Morgan fingerprint density at radius 2 is 1.38 bits per heavy atom. The van der Waals surface area contributed by atoms with Crippen LogP contribution < -0.4 is 0 Å². The predicted molar refractivity (Wildman–Crippen MR) is 118 cm³/mol. The first kappa shape index (κ1) is 21.6. The van der Waals surface area contributed by atoms with Gasteiger partial charge in [0.15, 0.2) is 15.6 Å². The van der Waals surface area contributed by atoms with Crippen LogP contribution in [-0.4, -0.2) is 14.2 Å². The third-order valence-electron chi connectivity index (χ3n) is 4.78. The van der Waals surface area contributed by atoms with Gasteiger partial charge in [-0.1, -0.05) is 76.8 Å². The third kappa shape index (κ3) is 4.89. The summed E-state index contributed by atoms with van der Waals surface area (Å²) in [6, 6.07) is 18.3. The Kier molecular flexibility index (Phi) is 6.47. The summed E-state index contributed by atoms with van der Waals surface area (Å²) in [5.74, 6) is -0.253. The van der Waals surface area contributed by atoms with E-state index >= 15 is 0 Å². The Morgan fingerprint density at radius 1 is 0.828 bits per heavy atom. The minimum absolute atomic E-state index is 0.163. The number of halogens is 2. The van der Waals surface area contributed by atoms with Crippen molar-refractivity contribution < 1.29 is 13.2 Å². The number of benzene rings is 3. The molecule has 1 atom stereocenters. The van der Waals surface area contributed by atoms with Gasteiger partial charge in [0.25, 0.3) is 0 Å². The highest BCUT2D eigenvalue weighted by molar-refractivity contribution is 7.91. The van der Waals surface area contributed by atoms with Gasteiger partial charge in [0.05, 0.1) is 20.2 Å². The molecule has 0 unspecified atom stereocenters. The Bertz CT molecular complexity index is 1140. The van der Waals surface area contributed by atoms with E-state index in [-0.39, 0.29) is 22.1 Å². The molecule has 0 aliphatic rings. The minimum Gasteiger partial charge on any atom is -0.294 e. The van der Waals surface area contributed by atoms with Crippen molar-refractivity contribution >= 4 is 38.8 Å². The predicted octanol–water partition coefficient (Wildman–Crippen LogP) is 6.40. The van der Waals surface area contributed by atoms with Crippen LogP contribution in [0.3, 0.4) is 0 Å². The molecule has 0 bridgehead atoms. The summed E-state index contributed by atoms with van der Waals surface area (Å²) in [6.45, 7) is 3.81. The van der Waals surface area contributed by atoms with Gasteiger partial charge in [-0.25, -0.2) is 8.42 Å². The van der Waals surface area contributed by atoms with Crippen LogP contribution in [0.15, 0.2) is 71.6 Å². The van der Waals surface area contributed by atoms with Gasteiger partial charge >= 0.3 is 0 Å². The van der Waals surface area contributed by atoms with Crippen molar-refractivity contribution in [3.8, 4) is 0 Å². The minimum atomic E-state index is -3.83. The molecule has 0 amide bonds. The second-order valence-corrected chi connectivity index (χ2v) is 9.96. The molecule has 29 heavy (non-hydrogen) atoms. The van der Waals surface area contributed by atoms with Crippen molar-refractivity contribution in [2.45, 2.75) is 30.4 Å². The number of aryl methyl sites for hydroxylation is 2. The molecule has 0 saturated carbocycles. The molecular weight excluding hydrogens is 427 g/mol. The molecule has 0 radical (unpaired) electrons. The summed E-state index contributed by atoms with van der Waals surface area (Å²) in [7, 11) is -3.83. The lowest BCUT2D eigenvalue weighted by molar-refractivity contribution is 0.0980. The fourth-order valence-corrected chi connectivity index (χ4v) is 5.06. The first-order valence-corrected chi connectivity index (χ1v) is 11.3. The van der Waals surface area contributed by atoms with Crippen LogP contribution in [0.25, 0.3) is 0 Å². The molecular formula is C23H20Cl2O3S. The zero-order valence-corrected chi connectivity index (χ0v) is 18.4. The number of rotatable bonds is 6. The Hall–Kier alpha value is -2.14. The van der Waals surface area contributed by atoms with E-state index in [9.17, 15) is 13.2 Å². The third-order valence-corrected chi connectivity index (χ3v) is 7.64. The second kappa shape index (κ2) is 8.70. The topological polar surface area (TPSA) is 51.2 Å². The quantitative estimate of drug-likeness (QED) is 0.411. The molecule has 0 N–H and O–H groups in total. The van der Waals surface area contributed by atoms with Crippen LogP contribution >= 0.6 is 23.2 Å². The summed E-state index contributed by atoms with van der Waals surface area (Å²) in [4.78, 5) is 13.1. The molecule has 0 spiro atoms. The summed E-state index contributed by atoms with van der Waals surface area (Å²) >= 11 is 12.1. The normalized spacial score (nSPS) is 12.6. The van der Waals surface area contributed by atoms with Crippen LogP contribution in [0.5, 0.6) is 0 Å². The largest absolute Gasteiger partial charge is 0.294 e. The molecule has 3 aromatic rings. The van der Waals surface area contributed by atoms with E-state index in [4.69, 9.17) is 23.2 Å². The van der Waals surface area contributed by atoms with E-state index in [1.54, 1.807) is 48.5 Å². The molecule has 6 heteroatoms. The maximum Gasteiger partial charge on any atom is 0.185 e. The molecule has 0 aliphatic heterocycles. The fourth-order valence-electron chi connectivity index (χ4n) is 3.04. The summed E-state index contributed by atoms with van der Waals surface area (Å²) in [5.41, 5.74) is 2.88. The molecule has 0 heterocycles. The van der Waals surface area contributed by atoms with Gasteiger partial charge in [-0.2, -0.15) is 0 Å². The fraction of sp³-hybridized carbons (Fsp3) is 0.174. The lowest BCUT2D eigenvalue weighted by Gasteiger charge is -2.19. The van der Waals surface area contributed by atoms with Crippen LogP contribution in [0.2, 0.25) is 10.0 Å². The van der Waals surface area contributed by atoms with Crippen molar-refractivity contribution in [2.24, 2.45) is 0 Å². The number of Topliss-reactive ketones (excluding diaryl/α,β-unsaturated/α-hetero) is 1. The SMILES string of the molecule is Cc1ccc(C(=O)C[C@H](c2ccc(Cl)c(Cl)c2)S(=O)(=O)c2ccc(C)cc2)cc1. The van der Waals surface area contributed by atoms with Crippen molar-refractivity contribution in [3.05, 3.63) is 99.0 Å². The van der Waals surface area contributed by atoms with Crippen molar-refractivity contribution in [3.63, 3.8) is 0 Å². The standard InChI is InChI=1S/C23H20Cl2O3S/c1-15-3-7-17(8-4-15)22(26)14-23(18-9-12-20(24)21(25)13-18)29(27,28)19-10-5-16(2)6-11-19/h3-13,23H,14H2,1-2H3/t23-/m1/s1. The summed E-state index contributed by atoms with van der Waals surface area (Å²) in [5, 5.41) is -0.503. The highest BCUT2D eigenvalue weighted by atomic mass is 35.5. The molecule has 0 aromatic heterocycles.